The van der Waals surface area contributed by atoms with E-state index in [2.05, 4.69) is 10.6 Å². The van der Waals surface area contributed by atoms with Gasteiger partial charge in [-0.15, -0.1) is 0 Å². The first kappa shape index (κ1) is 23.8. The molecule has 2 atom stereocenters. The third-order valence-corrected chi connectivity index (χ3v) is 5.42. The Morgan fingerprint density at radius 1 is 1.15 bits per heavy atom. The Labute approximate surface area is 195 Å². The smallest absolute Gasteiger partial charge is 0.329 e. The average Bonchev–Trinajstić information content (AvgIpc) is 3.18. The molecule has 0 unspecified atom stereocenters. The molecule has 0 aliphatic rings. The summed E-state index contributed by atoms with van der Waals surface area (Å²) in [4.78, 5) is 37.7. The number of hydrogen-bond acceptors (Lipinski definition) is 6. The molecule has 3 rings (SSSR count). The van der Waals surface area contributed by atoms with Crippen LogP contribution in [0.3, 0.4) is 0 Å². The molecule has 0 aliphatic carbocycles. The zero-order valence-corrected chi connectivity index (χ0v) is 18.8. The molecule has 1 aromatic heterocycles. The van der Waals surface area contributed by atoms with Crippen LogP contribution in [0.25, 0.3) is 11.0 Å². The van der Waals surface area contributed by atoms with Gasteiger partial charge >= 0.3 is 5.97 Å². The van der Waals surface area contributed by atoms with Crippen LogP contribution in [-0.2, 0) is 14.3 Å². The number of benzene rings is 2. The quantitative estimate of drug-likeness (QED) is 0.477. The van der Waals surface area contributed by atoms with Gasteiger partial charge in [-0.05, 0) is 42.3 Å². The number of amides is 2. The van der Waals surface area contributed by atoms with Gasteiger partial charge in [0.25, 0.3) is 11.8 Å². The first-order chi connectivity index (χ1) is 15.8. The van der Waals surface area contributed by atoms with Crippen LogP contribution in [0.2, 0.25) is 5.02 Å². The standard InChI is InChI=1S/C24H22ClN3O5/c1-3-14(2)21(28-23(30)15-8-10-16(25)11-9-15)24(31)32-13-20(29)27-22-17-6-4-5-7-18(17)33-19(22)12-26/h4-11,14,21H,3,13H2,1-2H3,(H,27,29)(H,28,30)/t14-,21-/m0/s1. The Kier molecular flexibility index (Phi) is 7.70. The summed E-state index contributed by atoms with van der Waals surface area (Å²) in [5, 5.41) is 15.6. The van der Waals surface area contributed by atoms with Crippen molar-refractivity contribution in [3.05, 3.63) is 64.9 Å². The van der Waals surface area contributed by atoms with Gasteiger partial charge in [0, 0.05) is 16.0 Å². The molecule has 0 spiro atoms. The van der Waals surface area contributed by atoms with E-state index in [1.54, 1.807) is 55.5 Å². The number of halogens is 1. The lowest BCUT2D eigenvalue weighted by atomic mass is 9.99. The van der Waals surface area contributed by atoms with Gasteiger partial charge in [0.15, 0.2) is 6.61 Å². The van der Waals surface area contributed by atoms with Crippen molar-refractivity contribution < 1.29 is 23.5 Å². The summed E-state index contributed by atoms with van der Waals surface area (Å²) in [5.74, 6) is -2.12. The molecule has 8 nitrogen and oxygen atoms in total. The fourth-order valence-electron chi connectivity index (χ4n) is 3.15. The molecular formula is C24H22ClN3O5. The van der Waals surface area contributed by atoms with E-state index in [-0.39, 0.29) is 17.4 Å². The lowest BCUT2D eigenvalue weighted by Gasteiger charge is -2.22. The highest BCUT2D eigenvalue weighted by molar-refractivity contribution is 6.30. The minimum atomic E-state index is -0.949. The number of para-hydroxylation sites is 1. The lowest BCUT2D eigenvalue weighted by Crippen LogP contribution is -2.46. The van der Waals surface area contributed by atoms with Crippen molar-refractivity contribution in [1.29, 1.82) is 5.26 Å². The van der Waals surface area contributed by atoms with Crippen molar-refractivity contribution in [2.45, 2.75) is 26.3 Å². The number of carbonyl (C=O) groups excluding carboxylic acids is 3. The third-order valence-electron chi connectivity index (χ3n) is 5.17. The fraction of sp³-hybridized carbons (Fsp3) is 0.250. The first-order valence-corrected chi connectivity index (χ1v) is 10.7. The number of rotatable bonds is 8. The molecule has 2 amide bonds. The summed E-state index contributed by atoms with van der Waals surface area (Å²) < 4.78 is 10.6. The van der Waals surface area contributed by atoms with Crippen LogP contribution < -0.4 is 10.6 Å². The number of furan rings is 1. The van der Waals surface area contributed by atoms with E-state index in [0.717, 1.165) is 0 Å². The molecule has 0 bridgehead atoms. The summed E-state index contributed by atoms with van der Waals surface area (Å²) in [6, 6.07) is 14.1. The van der Waals surface area contributed by atoms with E-state index >= 15 is 0 Å². The van der Waals surface area contributed by atoms with Gasteiger partial charge in [0.05, 0.1) is 0 Å². The topological polar surface area (TPSA) is 121 Å². The van der Waals surface area contributed by atoms with Gasteiger partial charge in [-0.2, -0.15) is 5.26 Å². The average molecular weight is 468 g/mol. The Bertz CT molecular complexity index is 1210. The minimum absolute atomic E-state index is 0.0522. The maximum absolute atomic E-state index is 12.7. The predicted octanol–water partition coefficient (Wildman–Crippen LogP) is 4.28. The maximum Gasteiger partial charge on any atom is 0.329 e. The van der Waals surface area contributed by atoms with Crippen LogP contribution in [0.1, 0.15) is 36.4 Å². The highest BCUT2D eigenvalue weighted by Gasteiger charge is 2.28. The maximum atomic E-state index is 12.7. The van der Waals surface area contributed by atoms with Gasteiger partial charge in [-0.25, -0.2) is 4.79 Å². The van der Waals surface area contributed by atoms with Crippen molar-refractivity contribution in [3.8, 4) is 6.07 Å². The first-order valence-electron chi connectivity index (χ1n) is 10.3. The van der Waals surface area contributed by atoms with Crippen molar-refractivity contribution in [1.82, 2.24) is 5.32 Å². The SMILES string of the molecule is CC[C@H](C)[C@H](NC(=O)c1ccc(Cl)cc1)C(=O)OCC(=O)Nc1c(C#N)oc2ccccc12. The predicted molar refractivity (Wildman–Crippen MR) is 123 cm³/mol. The minimum Gasteiger partial charge on any atom is -0.454 e. The normalized spacial score (nSPS) is 12.4. The third kappa shape index (κ3) is 5.70. The molecule has 0 saturated carbocycles. The second kappa shape index (κ2) is 10.7. The number of ether oxygens (including phenoxy) is 1. The van der Waals surface area contributed by atoms with Crippen molar-refractivity contribution in [3.63, 3.8) is 0 Å². The molecule has 33 heavy (non-hydrogen) atoms. The number of anilines is 1. The largest absolute Gasteiger partial charge is 0.454 e. The highest BCUT2D eigenvalue weighted by atomic mass is 35.5. The molecule has 0 saturated heterocycles. The Hall–Kier alpha value is -3.83. The van der Waals surface area contributed by atoms with Gasteiger partial charge in [0.2, 0.25) is 5.76 Å². The van der Waals surface area contributed by atoms with Crippen LogP contribution >= 0.6 is 11.6 Å². The summed E-state index contributed by atoms with van der Waals surface area (Å²) in [5.41, 5.74) is 1.00. The van der Waals surface area contributed by atoms with Gasteiger partial charge in [-0.3, -0.25) is 9.59 Å². The second-order valence-electron chi connectivity index (χ2n) is 7.41. The number of fused-ring (bicyclic) bond motifs is 1. The Morgan fingerprint density at radius 2 is 1.85 bits per heavy atom. The molecule has 0 aliphatic heterocycles. The van der Waals surface area contributed by atoms with E-state index < -0.39 is 30.4 Å². The molecular weight excluding hydrogens is 446 g/mol. The van der Waals surface area contributed by atoms with Crippen LogP contribution in [0, 0.1) is 17.2 Å². The number of nitrogens with one attached hydrogen (secondary N) is 2. The molecule has 2 N–H and O–H groups in total. The van der Waals surface area contributed by atoms with E-state index in [0.29, 0.717) is 28.0 Å². The molecule has 3 aromatic rings. The summed E-state index contributed by atoms with van der Waals surface area (Å²) in [7, 11) is 0. The number of carbonyl (C=O) groups is 3. The Morgan fingerprint density at radius 3 is 2.52 bits per heavy atom. The summed E-state index contributed by atoms with van der Waals surface area (Å²) in [6.45, 7) is 3.08. The van der Waals surface area contributed by atoms with Crippen molar-refractivity contribution in [2.75, 3.05) is 11.9 Å². The van der Waals surface area contributed by atoms with Crippen molar-refractivity contribution >= 4 is 46.0 Å². The van der Waals surface area contributed by atoms with Crippen LogP contribution in [0.5, 0.6) is 0 Å². The zero-order chi connectivity index (χ0) is 24.0. The van der Waals surface area contributed by atoms with Crippen LogP contribution in [0.4, 0.5) is 5.69 Å². The van der Waals surface area contributed by atoms with Crippen LogP contribution in [-0.4, -0.2) is 30.4 Å². The van der Waals surface area contributed by atoms with E-state index in [4.69, 9.17) is 20.8 Å². The van der Waals surface area contributed by atoms with Gasteiger partial charge < -0.3 is 19.8 Å². The zero-order valence-electron chi connectivity index (χ0n) is 18.1. The van der Waals surface area contributed by atoms with E-state index in [1.807, 2.05) is 13.0 Å². The number of nitriles is 1. The summed E-state index contributed by atoms with van der Waals surface area (Å²) in [6.07, 6.45) is 0.597. The second-order valence-corrected chi connectivity index (χ2v) is 7.85. The molecule has 1 heterocycles. The van der Waals surface area contributed by atoms with E-state index in [1.165, 1.54) is 0 Å². The van der Waals surface area contributed by atoms with Gasteiger partial charge in [-0.1, -0.05) is 44.0 Å². The lowest BCUT2D eigenvalue weighted by molar-refractivity contribution is -0.150. The molecule has 0 radical (unpaired) electrons. The van der Waals surface area contributed by atoms with E-state index in [9.17, 15) is 19.6 Å². The van der Waals surface area contributed by atoms with Crippen LogP contribution in [0.15, 0.2) is 52.9 Å². The van der Waals surface area contributed by atoms with Crippen molar-refractivity contribution in [2.24, 2.45) is 5.92 Å². The number of nitrogens with zero attached hydrogens (tertiary/aromatic N) is 1. The number of esters is 1. The molecule has 9 heteroatoms. The number of hydrogen-bond donors (Lipinski definition) is 2. The fourth-order valence-corrected chi connectivity index (χ4v) is 3.27. The highest BCUT2D eigenvalue weighted by Crippen LogP contribution is 2.30. The Balaban J connectivity index is 1.65. The molecule has 170 valence electrons. The summed E-state index contributed by atoms with van der Waals surface area (Å²) >= 11 is 5.85. The monoisotopic (exact) mass is 467 g/mol. The molecule has 0 fully saturated rings. The van der Waals surface area contributed by atoms with Gasteiger partial charge in [0.1, 0.15) is 23.4 Å². The molecule has 2 aromatic carbocycles.